The Labute approximate surface area is 197 Å². The number of rotatable bonds is 9. The standard InChI is InChI=1S/C25H39N3O5/c1-8-9-13-26-22(30)20(18-12-10-11-15(2)21(18)29)28(19-14-16(19)3)23(31)17(4)27-24(32)33-25(5,6)7/h10-12,16-17,19-20,29H,8-9,13-14H2,1-7H3,(H,26,30)(H,27,32). The van der Waals surface area contributed by atoms with Crippen LogP contribution in [0.25, 0.3) is 0 Å². The molecule has 0 radical (unpaired) electrons. The SMILES string of the molecule is CCCCNC(=O)C(c1cccc(C)c1O)N(C(=O)C(C)NC(=O)OC(C)(C)C)C1CC1C. The van der Waals surface area contributed by atoms with Gasteiger partial charge in [-0.2, -0.15) is 0 Å². The molecular formula is C25H39N3O5. The van der Waals surface area contributed by atoms with Crippen molar-refractivity contribution in [2.45, 2.75) is 91.5 Å². The molecule has 2 rings (SSSR count). The number of hydrogen-bond acceptors (Lipinski definition) is 5. The summed E-state index contributed by atoms with van der Waals surface area (Å²) < 4.78 is 5.29. The van der Waals surface area contributed by atoms with Gasteiger partial charge in [0.2, 0.25) is 11.8 Å². The van der Waals surface area contributed by atoms with Crippen molar-refractivity contribution < 1.29 is 24.2 Å². The van der Waals surface area contributed by atoms with Gasteiger partial charge in [0.1, 0.15) is 23.4 Å². The molecule has 1 saturated carbocycles. The second-order valence-electron chi connectivity index (χ2n) is 9.95. The van der Waals surface area contributed by atoms with Gasteiger partial charge in [0.05, 0.1) is 0 Å². The van der Waals surface area contributed by atoms with Crippen LogP contribution in [0.4, 0.5) is 4.79 Å². The highest BCUT2D eigenvalue weighted by Gasteiger charge is 2.48. The number of carbonyl (C=O) groups excluding carboxylic acids is 3. The van der Waals surface area contributed by atoms with E-state index in [4.69, 9.17) is 4.74 Å². The smallest absolute Gasteiger partial charge is 0.408 e. The Balaban J connectivity index is 2.39. The van der Waals surface area contributed by atoms with Crippen LogP contribution < -0.4 is 10.6 Å². The van der Waals surface area contributed by atoms with Crippen molar-refractivity contribution in [2.24, 2.45) is 5.92 Å². The van der Waals surface area contributed by atoms with Crippen LogP contribution in [-0.2, 0) is 14.3 Å². The van der Waals surface area contributed by atoms with Gasteiger partial charge in [-0.3, -0.25) is 9.59 Å². The molecule has 0 bridgehead atoms. The quantitative estimate of drug-likeness (QED) is 0.485. The number of hydrogen-bond donors (Lipinski definition) is 3. The number of aryl methyl sites for hydroxylation is 1. The maximum absolute atomic E-state index is 13.6. The number of alkyl carbamates (subject to hydrolysis) is 1. The summed E-state index contributed by atoms with van der Waals surface area (Å²) in [5.41, 5.74) is 0.294. The van der Waals surface area contributed by atoms with Crippen molar-refractivity contribution in [3.8, 4) is 5.75 Å². The van der Waals surface area contributed by atoms with Crippen LogP contribution >= 0.6 is 0 Å². The van der Waals surface area contributed by atoms with Gasteiger partial charge >= 0.3 is 6.09 Å². The van der Waals surface area contributed by atoms with Gasteiger partial charge in [-0.25, -0.2) is 4.79 Å². The van der Waals surface area contributed by atoms with E-state index < -0.39 is 29.7 Å². The topological polar surface area (TPSA) is 108 Å². The lowest BCUT2D eigenvalue weighted by Crippen LogP contribution is -2.53. The number of carbonyl (C=O) groups is 3. The summed E-state index contributed by atoms with van der Waals surface area (Å²) in [5, 5.41) is 16.3. The van der Waals surface area contributed by atoms with Crippen LogP contribution in [0.5, 0.6) is 5.75 Å². The number of amides is 3. The number of unbranched alkanes of at least 4 members (excludes halogenated alkanes) is 1. The highest BCUT2D eigenvalue weighted by atomic mass is 16.6. The summed E-state index contributed by atoms with van der Waals surface area (Å²) in [6.45, 7) is 13.1. The van der Waals surface area contributed by atoms with E-state index in [1.807, 2.05) is 13.8 Å². The predicted molar refractivity (Wildman–Crippen MR) is 127 cm³/mol. The third-order valence-corrected chi connectivity index (χ3v) is 5.70. The summed E-state index contributed by atoms with van der Waals surface area (Å²) in [4.78, 5) is 40.8. The van der Waals surface area contributed by atoms with Crippen molar-refractivity contribution in [2.75, 3.05) is 6.54 Å². The molecular weight excluding hydrogens is 422 g/mol. The summed E-state index contributed by atoms with van der Waals surface area (Å²) in [5.74, 6) is -0.541. The largest absolute Gasteiger partial charge is 0.507 e. The van der Waals surface area contributed by atoms with Gasteiger partial charge in [-0.1, -0.05) is 38.5 Å². The average Bonchev–Trinajstić information content (AvgIpc) is 3.42. The number of ether oxygens (including phenoxy) is 1. The molecule has 33 heavy (non-hydrogen) atoms. The molecule has 3 amide bonds. The van der Waals surface area contributed by atoms with Crippen LogP contribution in [0.15, 0.2) is 18.2 Å². The Morgan fingerprint density at radius 3 is 2.45 bits per heavy atom. The van der Waals surface area contributed by atoms with E-state index in [1.54, 1.807) is 52.8 Å². The molecule has 4 atom stereocenters. The Bertz CT molecular complexity index is 864. The number of nitrogens with one attached hydrogen (secondary N) is 2. The normalized spacial score (nSPS) is 19.2. The van der Waals surface area contributed by atoms with E-state index in [-0.39, 0.29) is 23.6 Å². The second-order valence-corrected chi connectivity index (χ2v) is 9.95. The van der Waals surface area contributed by atoms with Gasteiger partial charge in [-0.05, 0) is 58.9 Å². The fourth-order valence-electron chi connectivity index (χ4n) is 3.75. The van der Waals surface area contributed by atoms with Crippen molar-refractivity contribution in [3.05, 3.63) is 29.3 Å². The Morgan fingerprint density at radius 1 is 1.27 bits per heavy atom. The molecule has 8 nitrogen and oxygen atoms in total. The molecule has 0 spiro atoms. The highest BCUT2D eigenvalue weighted by Crippen LogP contribution is 2.42. The van der Waals surface area contributed by atoms with Crippen molar-refractivity contribution in [3.63, 3.8) is 0 Å². The average molecular weight is 462 g/mol. The minimum absolute atomic E-state index is 0.00741. The molecule has 1 aliphatic rings. The Morgan fingerprint density at radius 2 is 1.91 bits per heavy atom. The first-order valence-corrected chi connectivity index (χ1v) is 11.7. The molecule has 8 heteroatoms. The van der Waals surface area contributed by atoms with Gasteiger partial charge in [0.25, 0.3) is 0 Å². The summed E-state index contributed by atoms with van der Waals surface area (Å²) in [6, 6.07) is 3.10. The molecule has 3 N–H and O–H groups in total. The number of benzene rings is 1. The molecule has 184 valence electrons. The predicted octanol–water partition coefficient (Wildman–Crippen LogP) is 3.81. The molecule has 0 heterocycles. The summed E-state index contributed by atoms with van der Waals surface area (Å²) in [7, 11) is 0. The van der Waals surface area contributed by atoms with Crippen LogP contribution in [0.1, 0.15) is 78.0 Å². The summed E-state index contributed by atoms with van der Waals surface area (Å²) >= 11 is 0. The minimum atomic E-state index is -1.01. The molecule has 0 saturated heterocycles. The first kappa shape index (κ1) is 26.5. The van der Waals surface area contributed by atoms with Crippen molar-refractivity contribution in [1.82, 2.24) is 15.5 Å². The zero-order valence-electron chi connectivity index (χ0n) is 20.9. The van der Waals surface area contributed by atoms with Gasteiger partial charge in [0, 0.05) is 18.2 Å². The molecule has 1 aliphatic carbocycles. The number of nitrogens with zero attached hydrogens (tertiary/aromatic N) is 1. The van der Waals surface area contributed by atoms with E-state index in [0.717, 1.165) is 19.3 Å². The number of para-hydroxylation sites is 1. The van der Waals surface area contributed by atoms with E-state index in [9.17, 15) is 19.5 Å². The monoisotopic (exact) mass is 461 g/mol. The second kappa shape index (κ2) is 10.9. The first-order chi connectivity index (χ1) is 15.4. The van der Waals surface area contributed by atoms with Crippen molar-refractivity contribution >= 4 is 17.9 Å². The third kappa shape index (κ3) is 7.11. The van der Waals surface area contributed by atoms with Gasteiger partial charge in [0.15, 0.2) is 0 Å². The maximum atomic E-state index is 13.6. The Kier molecular flexibility index (Phi) is 8.75. The van der Waals surface area contributed by atoms with E-state index in [1.165, 1.54) is 4.90 Å². The number of phenols is 1. The highest BCUT2D eigenvalue weighted by molar-refractivity contribution is 5.92. The van der Waals surface area contributed by atoms with Crippen molar-refractivity contribution in [1.29, 1.82) is 0 Å². The Hall–Kier alpha value is -2.77. The van der Waals surface area contributed by atoms with E-state index in [2.05, 4.69) is 10.6 Å². The molecule has 4 unspecified atom stereocenters. The zero-order chi connectivity index (χ0) is 24.9. The number of phenolic OH excluding ortho intramolecular Hbond substituents is 1. The van der Waals surface area contributed by atoms with Crippen LogP contribution in [-0.4, -0.2) is 52.1 Å². The van der Waals surface area contributed by atoms with E-state index in [0.29, 0.717) is 17.7 Å². The van der Waals surface area contributed by atoms with Gasteiger partial charge < -0.3 is 25.4 Å². The molecule has 1 fully saturated rings. The molecule has 0 aromatic heterocycles. The lowest BCUT2D eigenvalue weighted by molar-refractivity contribution is -0.143. The van der Waals surface area contributed by atoms with Crippen LogP contribution in [0.2, 0.25) is 0 Å². The third-order valence-electron chi connectivity index (χ3n) is 5.70. The molecule has 1 aromatic carbocycles. The summed E-state index contributed by atoms with van der Waals surface area (Å²) in [6.07, 6.45) is 1.77. The van der Waals surface area contributed by atoms with Crippen LogP contribution in [0.3, 0.4) is 0 Å². The molecule has 1 aromatic rings. The fraction of sp³-hybridized carbons (Fsp3) is 0.640. The molecule has 0 aliphatic heterocycles. The maximum Gasteiger partial charge on any atom is 0.408 e. The zero-order valence-corrected chi connectivity index (χ0v) is 20.9. The fourth-order valence-corrected chi connectivity index (χ4v) is 3.75. The lowest BCUT2D eigenvalue weighted by Gasteiger charge is -2.34. The van der Waals surface area contributed by atoms with Crippen LogP contribution in [0, 0.1) is 12.8 Å². The van der Waals surface area contributed by atoms with E-state index >= 15 is 0 Å². The van der Waals surface area contributed by atoms with Gasteiger partial charge in [-0.15, -0.1) is 0 Å². The minimum Gasteiger partial charge on any atom is -0.507 e. The first-order valence-electron chi connectivity index (χ1n) is 11.7. The number of aromatic hydroxyl groups is 1. The lowest BCUT2D eigenvalue weighted by atomic mass is 9.99.